The number of nitrogens with zero attached hydrogens (tertiary/aromatic N) is 2. The summed E-state index contributed by atoms with van der Waals surface area (Å²) in [6.07, 6.45) is 1.27. The Bertz CT molecular complexity index is 1220. The molecule has 34 heavy (non-hydrogen) atoms. The van der Waals surface area contributed by atoms with Gasteiger partial charge in [-0.1, -0.05) is 23.7 Å². The Hall–Kier alpha value is -3.72. The molecule has 0 spiro atoms. The third-order valence-electron chi connectivity index (χ3n) is 5.09. The number of pyridine rings is 1. The number of likely N-dealkylation sites (N-methyl/N-ethyl adjacent to an activating group) is 1. The lowest BCUT2D eigenvalue weighted by Crippen LogP contribution is -2.31. The highest BCUT2D eigenvalue weighted by Gasteiger charge is 2.16. The van der Waals surface area contributed by atoms with Crippen molar-refractivity contribution < 1.29 is 28.2 Å². The highest BCUT2D eigenvalue weighted by molar-refractivity contribution is 6.34. The maximum atomic E-state index is 13.4. The van der Waals surface area contributed by atoms with Gasteiger partial charge in [-0.2, -0.15) is 0 Å². The van der Waals surface area contributed by atoms with E-state index in [2.05, 4.69) is 10.3 Å². The van der Waals surface area contributed by atoms with Gasteiger partial charge >= 0.3 is 12.1 Å². The van der Waals surface area contributed by atoms with Crippen molar-refractivity contribution in [2.24, 2.45) is 0 Å². The zero-order chi connectivity index (χ0) is 24.7. The average molecular weight is 488 g/mol. The molecule has 0 unspecified atom stereocenters. The summed E-state index contributed by atoms with van der Waals surface area (Å²) in [5.41, 5.74) is 0.901. The third-order valence-corrected chi connectivity index (χ3v) is 5.54. The van der Waals surface area contributed by atoms with E-state index in [-0.39, 0.29) is 41.9 Å². The van der Waals surface area contributed by atoms with Gasteiger partial charge < -0.3 is 14.4 Å². The second kappa shape index (κ2) is 11.4. The van der Waals surface area contributed by atoms with Crippen LogP contribution < -0.4 is 5.32 Å². The number of rotatable bonds is 8. The molecule has 1 heterocycles. The first kappa shape index (κ1) is 24.9. The van der Waals surface area contributed by atoms with Crippen molar-refractivity contribution in [1.82, 2.24) is 9.88 Å². The van der Waals surface area contributed by atoms with Crippen molar-refractivity contribution in [3.63, 3.8) is 0 Å². The molecule has 3 rings (SSSR count). The summed E-state index contributed by atoms with van der Waals surface area (Å²) in [7, 11) is 2.86. The number of nitrogens with one attached hydrogen (secondary N) is 1. The number of amides is 2. The van der Waals surface area contributed by atoms with E-state index in [1.54, 1.807) is 31.3 Å². The second-order valence-corrected chi connectivity index (χ2v) is 7.79. The van der Waals surface area contributed by atoms with Gasteiger partial charge in [0.25, 0.3) is 0 Å². The van der Waals surface area contributed by atoms with E-state index >= 15 is 0 Å². The zero-order valence-corrected chi connectivity index (χ0v) is 19.4. The number of hydrogen-bond acceptors (Lipinski definition) is 6. The quantitative estimate of drug-likeness (QED) is 0.471. The van der Waals surface area contributed by atoms with E-state index in [0.29, 0.717) is 17.4 Å². The fraction of sp³-hybridized carbons (Fsp3) is 0.250. The highest BCUT2D eigenvalue weighted by Crippen LogP contribution is 2.23. The molecule has 0 aliphatic heterocycles. The Balaban J connectivity index is 1.45. The Labute approximate surface area is 200 Å². The van der Waals surface area contributed by atoms with Crippen LogP contribution in [0.2, 0.25) is 5.02 Å². The predicted molar refractivity (Wildman–Crippen MR) is 125 cm³/mol. The van der Waals surface area contributed by atoms with Crippen LogP contribution in [0.15, 0.2) is 48.7 Å². The van der Waals surface area contributed by atoms with Crippen molar-refractivity contribution in [2.45, 2.75) is 12.8 Å². The first-order valence-electron chi connectivity index (χ1n) is 10.4. The van der Waals surface area contributed by atoms with Crippen LogP contribution >= 0.6 is 11.6 Å². The molecule has 0 atom stereocenters. The number of carbonyl (C=O) groups is 3. The minimum absolute atomic E-state index is 0.0329. The number of carbonyl (C=O) groups excluding carboxylic acids is 3. The van der Waals surface area contributed by atoms with Crippen LogP contribution in [0.25, 0.3) is 10.8 Å². The Morgan fingerprint density at radius 3 is 2.71 bits per heavy atom. The van der Waals surface area contributed by atoms with Crippen LogP contribution in [-0.4, -0.2) is 55.2 Å². The molecular weight excluding hydrogens is 465 g/mol. The van der Waals surface area contributed by atoms with Crippen molar-refractivity contribution >= 4 is 46.2 Å². The number of methoxy groups -OCH3 is 1. The highest BCUT2D eigenvalue weighted by atomic mass is 35.5. The van der Waals surface area contributed by atoms with Crippen molar-refractivity contribution in [3.8, 4) is 0 Å². The minimum Gasteiger partial charge on any atom is -0.465 e. The number of esters is 1. The summed E-state index contributed by atoms with van der Waals surface area (Å²) in [6.45, 7) is 0.146. The van der Waals surface area contributed by atoms with Crippen LogP contribution in [0.5, 0.6) is 0 Å². The molecule has 1 N–H and O–H groups in total. The monoisotopic (exact) mass is 487 g/mol. The van der Waals surface area contributed by atoms with Crippen LogP contribution in [0.3, 0.4) is 0 Å². The van der Waals surface area contributed by atoms with E-state index in [1.807, 2.05) is 0 Å². The molecule has 0 aliphatic rings. The SMILES string of the molecule is COC(=O)c1cccc(CCC(=O)N(C)CCOC(=O)Nc2cc3cc(F)ccc3cn2)c1Cl. The Kier molecular flexibility index (Phi) is 8.37. The normalized spacial score (nSPS) is 10.6. The van der Waals surface area contributed by atoms with Gasteiger partial charge in [0.1, 0.15) is 18.2 Å². The summed E-state index contributed by atoms with van der Waals surface area (Å²) in [5, 5.41) is 4.06. The number of fused-ring (bicyclic) bond motifs is 1. The van der Waals surface area contributed by atoms with E-state index in [1.165, 1.54) is 36.4 Å². The Morgan fingerprint density at radius 1 is 1.15 bits per heavy atom. The Morgan fingerprint density at radius 2 is 1.94 bits per heavy atom. The molecule has 2 aromatic carbocycles. The number of benzene rings is 2. The molecule has 2 amide bonds. The minimum atomic E-state index is -0.740. The smallest absolute Gasteiger partial charge is 0.412 e. The topological polar surface area (TPSA) is 97.8 Å². The predicted octanol–water partition coefficient (Wildman–Crippen LogP) is 4.45. The van der Waals surface area contributed by atoms with Gasteiger partial charge in [-0.3, -0.25) is 10.1 Å². The molecule has 178 valence electrons. The lowest BCUT2D eigenvalue weighted by Gasteiger charge is -2.17. The largest absolute Gasteiger partial charge is 0.465 e. The standard InChI is InChI=1S/C24H23ClFN3O5/c1-29(21(30)9-7-15-4-3-5-19(22(15)25)23(31)33-2)10-11-34-24(32)28-20-13-17-12-18(26)8-6-16(17)14-27-20/h3-6,8,12-14H,7,9-11H2,1-2H3,(H,27,28,32). The van der Waals surface area contributed by atoms with Gasteiger partial charge in [0.15, 0.2) is 0 Å². The number of ether oxygens (including phenoxy) is 2. The van der Waals surface area contributed by atoms with Gasteiger partial charge in [-0.25, -0.2) is 19.0 Å². The molecule has 0 saturated heterocycles. The summed E-state index contributed by atoms with van der Waals surface area (Å²) >= 11 is 6.26. The van der Waals surface area contributed by atoms with Crippen LogP contribution in [-0.2, 0) is 20.7 Å². The van der Waals surface area contributed by atoms with Crippen molar-refractivity contribution in [1.29, 1.82) is 0 Å². The van der Waals surface area contributed by atoms with Crippen molar-refractivity contribution in [3.05, 3.63) is 70.6 Å². The fourth-order valence-corrected chi connectivity index (χ4v) is 3.49. The maximum absolute atomic E-state index is 13.4. The molecule has 1 aromatic heterocycles. The molecule has 10 heteroatoms. The van der Waals surface area contributed by atoms with E-state index in [9.17, 15) is 18.8 Å². The first-order chi connectivity index (χ1) is 16.3. The summed E-state index contributed by atoms with van der Waals surface area (Å²) < 4.78 is 23.2. The molecule has 0 radical (unpaired) electrons. The average Bonchev–Trinajstić information content (AvgIpc) is 2.82. The van der Waals surface area contributed by atoms with Gasteiger partial charge in [-0.15, -0.1) is 0 Å². The maximum Gasteiger partial charge on any atom is 0.412 e. The number of hydrogen-bond donors (Lipinski definition) is 1. The zero-order valence-electron chi connectivity index (χ0n) is 18.6. The van der Waals surface area contributed by atoms with E-state index in [0.717, 1.165) is 5.39 Å². The van der Waals surface area contributed by atoms with Gasteiger partial charge in [0.05, 0.1) is 24.2 Å². The first-order valence-corrected chi connectivity index (χ1v) is 10.7. The molecule has 8 nitrogen and oxygen atoms in total. The lowest BCUT2D eigenvalue weighted by atomic mass is 10.1. The molecule has 0 aliphatic carbocycles. The molecule has 0 bridgehead atoms. The van der Waals surface area contributed by atoms with Crippen LogP contribution in [0.4, 0.5) is 15.0 Å². The van der Waals surface area contributed by atoms with Crippen molar-refractivity contribution in [2.75, 3.05) is 32.6 Å². The number of aromatic nitrogens is 1. The number of anilines is 1. The second-order valence-electron chi connectivity index (χ2n) is 7.41. The fourth-order valence-electron chi connectivity index (χ4n) is 3.19. The van der Waals surface area contributed by atoms with Gasteiger partial charge in [-0.05, 0) is 47.7 Å². The van der Waals surface area contributed by atoms with Gasteiger partial charge in [0.2, 0.25) is 5.91 Å². The van der Waals surface area contributed by atoms with E-state index in [4.69, 9.17) is 21.1 Å². The third kappa shape index (κ3) is 6.41. The lowest BCUT2D eigenvalue weighted by molar-refractivity contribution is -0.130. The molecule has 3 aromatic rings. The van der Waals surface area contributed by atoms with Crippen LogP contribution in [0.1, 0.15) is 22.3 Å². The van der Waals surface area contributed by atoms with Crippen LogP contribution in [0, 0.1) is 5.82 Å². The number of aryl methyl sites for hydroxylation is 1. The molecule has 0 fully saturated rings. The summed E-state index contributed by atoms with van der Waals surface area (Å²) in [5.74, 6) is -0.893. The number of halogens is 2. The van der Waals surface area contributed by atoms with E-state index < -0.39 is 17.9 Å². The molecule has 0 saturated carbocycles. The van der Waals surface area contributed by atoms with Gasteiger partial charge in [0, 0.05) is 25.1 Å². The molecular formula is C24H23ClFN3O5. The summed E-state index contributed by atoms with van der Waals surface area (Å²) in [4.78, 5) is 41.7. The summed E-state index contributed by atoms with van der Waals surface area (Å²) in [6, 6.07) is 10.8.